The molecule has 0 saturated heterocycles. The second kappa shape index (κ2) is 8.61. The Morgan fingerprint density at radius 2 is 1.97 bits per heavy atom. The van der Waals surface area contributed by atoms with Crippen LogP contribution in [-0.4, -0.2) is 16.2 Å². The molecule has 2 aliphatic rings. The Morgan fingerprint density at radius 1 is 1.23 bits per heavy atom. The lowest BCUT2D eigenvalue weighted by Crippen LogP contribution is -2.45. The number of carbonyl (C=O) groups is 1. The molecule has 2 unspecified atom stereocenters. The predicted octanol–water partition coefficient (Wildman–Crippen LogP) is 7.30. The zero-order valence-electron chi connectivity index (χ0n) is 19.3. The van der Waals surface area contributed by atoms with E-state index in [-0.39, 0.29) is 11.3 Å². The lowest BCUT2D eigenvalue weighted by Gasteiger charge is -2.55. The summed E-state index contributed by atoms with van der Waals surface area (Å²) in [6, 6.07) is 4.49. The molecule has 0 amide bonds. The molecule has 0 aliphatic heterocycles. The van der Waals surface area contributed by atoms with Gasteiger partial charge in [-0.3, -0.25) is 0 Å². The molecule has 1 saturated carbocycles. The quantitative estimate of drug-likeness (QED) is 0.484. The first kappa shape index (κ1) is 22.7. The van der Waals surface area contributed by atoms with Crippen molar-refractivity contribution in [3.8, 4) is 5.75 Å². The van der Waals surface area contributed by atoms with E-state index >= 15 is 0 Å². The van der Waals surface area contributed by atoms with Crippen LogP contribution < -0.4 is 0 Å². The van der Waals surface area contributed by atoms with Crippen LogP contribution in [0.3, 0.4) is 0 Å². The topological polar surface area (TPSA) is 57.5 Å². The van der Waals surface area contributed by atoms with Crippen molar-refractivity contribution in [2.24, 2.45) is 16.7 Å². The highest BCUT2D eigenvalue weighted by Crippen LogP contribution is 2.60. The SMILES string of the molecule is CC(=CCc1cc(C(=O)O)ccc1O)CCC1=C(C)CCC2C(C)(C)CCCC12C. The third kappa shape index (κ3) is 4.50. The van der Waals surface area contributed by atoms with Crippen molar-refractivity contribution >= 4 is 5.97 Å². The van der Waals surface area contributed by atoms with Gasteiger partial charge < -0.3 is 10.2 Å². The Morgan fingerprint density at radius 3 is 2.67 bits per heavy atom. The summed E-state index contributed by atoms with van der Waals surface area (Å²) >= 11 is 0. The van der Waals surface area contributed by atoms with Crippen molar-refractivity contribution in [2.45, 2.75) is 86.0 Å². The van der Waals surface area contributed by atoms with Crippen LogP contribution in [0.15, 0.2) is 41.0 Å². The fourth-order valence-electron chi connectivity index (χ4n) is 6.28. The predicted molar refractivity (Wildman–Crippen MR) is 123 cm³/mol. The minimum Gasteiger partial charge on any atom is -0.508 e. The van der Waals surface area contributed by atoms with Gasteiger partial charge >= 0.3 is 5.97 Å². The van der Waals surface area contributed by atoms with Crippen molar-refractivity contribution in [1.82, 2.24) is 0 Å². The molecule has 3 heteroatoms. The van der Waals surface area contributed by atoms with Gasteiger partial charge in [-0.25, -0.2) is 4.79 Å². The van der Waals surface area contributed by atoms with E-state index in [1.54, 1.807) is 17.2 Å². The molecule has 0 heterocycles. The summed E-state index contributed by atoms with van der Waals surface area (Å²) in [5.74, 6) is -0.0259. The number of carboxylic acids is 1. The van der Waals surface area contributed by atoms with Gasteiger partial charge in [0.2, 0.25) is 0 Å². The monoisotopic (exact) mass is 410 g/mol. The highest BCUT2D eigenvalue weighted by Gasteiger charge is 2.49. The first-order chi connectivity index (χ1) is 14.0. The fourth-order valence-corrected chi connectivity index (χ4v) is 6.28. The van der Waals surface area contributed by atoms with E-state index in [0.29, 0.717) is 22.8 Å². The Bertz CT molecular complexity index is 874. The number of rotatable bonds is 6. The maximum absolute atomic E-state index is 11.2. The Kier molecular flexibility index (Phi) is 6.50. The summed E-state index contributed by atoms with van der Waals surface area (Å²) < 4.78 is 0. The van der Waals surface area contributed by atoms with Crippen LogP contribution in [0.25, 0.3) is 0 Å². The van der Waals surface area contributed by atoms with E-state index in [1.807, 2.05) is 0 Å². The van der Waals surface area contributed by atoms with Crippen LogP contribution in [0.5, 0.6) is 5.75 Å². The molecule has 0 spiro atoms. The summed E-state index contributed by atoms with van der Waals surface area (Å²) in [5.41, 5.74) is 6.24. The number of hydrogen-bond donors (Lipinski definition) is 2. The summed E-state index contributed by atoms with van der Waals surface area (Å²) in [4.78, 5) is 11.2. The summed E-state index contributed by atoms with van der Waals surface area (Å²) in [7, 11) is 0. The van der Waals surface area contributed by atoms with E-state index < -0.39 is 5.97 Å². The smallest absolute Gasteiger partial charge is 0.335 e. The number of aromatic hydroxyl groups is 1. The van der Waals surface area contributed by atoms with Crippen molar-refractivity contribution < 1.29 is 15.0 Å². The van der Waals surface area contributed by atoms with Crippen LogP contribution in [0.1, 0.15) is 95.5 Å². The van der Waals surface area contributed by atoms with Gasteiger partial charge in [-0.15, -0.1) is 0 Å². The number of hydrogen-bond acceptors (Lipinski definition) is 2. The number of carboxylic acid groups (broad SMARTS) is 1. The van der Waals surface area contributed by atoms with Gasteiger partial charge in [0.25, 0.3) is 0 Å². The van der Waals surface area contributed by atoms with E-state index in [9.17, 15) is 15.0 Å². The van der Waals surface area contributed by atoms with Crippen molar-refractivity contribution in [3.63, 3.8) is 0 Å². The zero-order valence-corrected chi connectivity index (χ0v) is 19.3. The van der Waals surface area contributed by atoms with E-state index in [1.165, 1.54) is 49.8 Å². The molecule has 3 nitrogen and oxygen atoms in total. The van der Waals surface area contributed by atoms with Gasteiger partial charge in [0.05, 0.1) is 5.56 Å². The normalized spacial score (nSPS) is 26.4. The van der Waals surface area contributed by atoms with Crippen LogP contribution in [0.4, 0.5) is 0 Å². The third-order valence-electron chi connectivity index (χ3n) is 8.01. The minimum atomic E-state index is -0.963. The van der Waals surface area contributed by atoms with Crippen molar-refractivity contribution in [3.05, 3.63) is 52.1 Å². The molecule has 1 aromatic carbocycles. The van der Waals surface area contributed by atoms with Crippen LogP contribution in [0.2, 0.25) is 0 Å². The highest BCUT2D eigenvalue weighted by atomic mass is 16.4. The number of phenols is 1. The molecule has 3 rings (SSSR count). The zero-order chi connectivity index (χ0) is 22.1. The van der Waals surface area contributed by atoms with E-state index in [0.717, 1.165) is 18.8 Å². The standard InChI is InChI=1S/C27H38O3/c1-18(7-10-20-17-21(25(29)30)11-13-23(20)28)8-12-22-19(2)9-14-24-26(3,4)15-6-16-27(22,24)5/h7,11,13,17,24,28H,6,8-10,12,14-16H2,1-5H3,(H,29,30). The molecule has 1 fully saturated rings. The molecular weight excluding hydrogens is 372 g/mol. The first-order valence-electron chi connectivity index (χ1n) is 11.4. The largest absolute Gasteiger partial charge is 0.508 e. The molecule has 1 aromatic rings. The lowest BCUT2D eigenvalue weighted by atomic mass is 9.50. The van der Waals surface area contributed by atoms with Crippen molar-refractivity contribution in [1.29, 1.82) is 0 Å². The Labute approximate surface area is 181 Å². The number of phenolic OH excluding ortho intramolecular Hbond substituents is 1. The van der Waals surface area contributed by atoms with Gasteiger partial charge in [-0.2, -0.15) is 0 Å². The molecule has 0 bridgehead atoms. The summed E-state index contributed by atoms with van der Waals surface area (Å²) in [6.07, 6.45) is 11.4. The number of fused-ring (bicyclic) bond motifs is 1. The fraction of sp³-hybridized carbons (Fsp3) is 0.593. The van der Waals surface area contributed by atoms with Gasteiger partial charge in [-0.1, -0.05) is 50.0 Å². The molecule has 30 heavy (non-hydrogen) atoms. The van der Waals surface area contributed by atoms with Gasteiger partial charge in [0.15, 0.2) is 0 Å². The number of allylic oxidation sites excluding steroid dienone is 4. The van der Waals surface area contributed by atoms with Crippen molar-refractivity contribution in [2.75, 3.05) is 0 Å². The lowest BCUT2D eigenvalue weighted by molar-refractivity contribution is 0.0105. The number of benzene rings is 1. The Hall–Kier alpha value is -2.03. The molecule has 0 radical (unpaired) electrons. The summed E-state index contributed by atoms with van der Waals surface area (Å²) in [5, 5.41) is 19.3. The maximum Gasteiger partial charge on any atom is 0.335 e. The molecule has 2 aliphatic carbocycles. The van der Waals surface area contributed by atoms with Gasteiger partial charge in [0.1, 0.15) is 5.75 Å². The van der Waals surface area contributed by atoms with Crippen LogP contribution in [-0.2, 0) is 6.42 Å². The Balaban J connectivity index is 1.71. The molecule has 2 N–H and O–H groups in total. The number of aromatic carboxylic acids is 1. The van der Waals surface area contributed by atoms with Gasteiger partial charge in [-0.05, 0) is 99.3 Å². The van der Waals surface area contributed by atoms with E-state index in [4.69, 9.17) is 0 Å². The van der Waals surface area contributed by atoms with Gasteiger partial charge in [0, 0.05) is 0 Å². The highest BCUT2D eigenvalue weighted by molar-refractivity contribution is 5.88. The third-order valence-corrected chi connectivity index (χ3v) is 8.01. The summed E-state index contributed by atoms with van der Waals surface area (Å²) in [6.45, 7) is 12.0. The minimum absolute atomic E-state index is 0.162. The van der Waals surface area contributed by atoms with E-state index in [2.05, 4.69) is 40.7 Å². The molecule has 2 atom stereocenters. The second-order valence-corrected chi connectivity index (χ2v) is 10.5. The maximum atomic E-state index is 11.2. The molecular formula is C27H38O3. The van der Waals surface area contributed by atoms with Crippen LogP contribution >= 0.6 is 0 Å². The average molecular weight is 411 g/mol. The molecule has 164 valence electrons. The first-order valence-corrected chi connectivity index (χ1v) is 11.4. The second-order valence-electron chi connectivity index (χ2n) is 10.5. The average Bonchev–Trinajstić information content (AvgIpc) is 2.65. The molecule has 0 aromatic heterocycles. The van der Waals surface area contributed by atoms with Crippen LogP contribution in [0, 0.1) is 16.7 Å².